The van der Waals surface area contributed by atoms with Crippen molar-refractivity contribution in [3.05, 3.63) is 42.5 Å². The molecule has 0 aliphatic heterocycles. The summed E-state index contributed by atoms with van der Waals surface area (Å²) >= 11 is 1.22. The van der Waals surface area contributed by atoms with Gasteiger partial charge in [-0.15, -0.1) is 11.3 Å². The molecular formula is C12H12O3S2. The molecule has 2 rings (SSSR count). The number of hydrogen-bond donors (Lipinski definition) is 0. The van der Waals surface area contributed by atoms with Crippen molar-refractivity contribution in [1.29, 1.82) is 0 Å². The number of thiophene rings is 1. The molecule has 0 unspecified atom stereocenters. The Bertz CT molecular complexity index is 585. The Morgan fingerprint density at radius 3 is 2.47 bits per heavy atom. The highest BCUT2D eigenvalue weighted by Crippen LogP contribution is 2.31. The zero-order chi connectivity index (χ0) is 12.3. The van der Waals surface area contributed by atoms with E-state index in [0.717, 1.165) is 10.4 Å². The molecule has 1 heterocycles. The molecule has 1 aromatic heterocycles. The fourth-order valence-electron chi connectivity index (χ4n) is 1.43. The van der Waals surface area contributed by atoms with E-state index in [0.29, 0.717) is 0 Å². The summed E-state index contributed by atoms with van der Waals surface area (Å²) in [6.45, 7) is 1.81. The van der Waals surface area contributed by atoms with Gasteiger partial charge < -0.3 is 0 Å². The van der Waals surface area contributed by atoms with E-state index in [1.165, 1.54) is 11.3 Å². The van der Waals surface area contributed by atoms with Crippen LogP contribution in [0.5, 0.6) is 0 Å². The lowest BCUT2D eigenvalue weighted by Crippen LogP contribution is -2.03. The third-order valence-electron chi connectivity index (χ3n) is 2.16. The van der Waals surface area contributed by atoms with Crippen LogP contribution in [-0.2, 0) is 14.3 Å². The molecule has 0 saturated heterocycles. The van der Waals surface area contributed by atoms with Gasteiger partial charge in [0.1, 0.15) is 4.21 Å². The van der Waals surface area contributed by atoms with Crippen molar-refractivity contribution < 1.29 is 12.6 Å². The predicted octanol–water partition coefficient (Wildman–Crippen LogP) is 3.14. The maximum Gasteiger partial charge on any atom is 0.306 e. The Hall–Kier alpha value is -1.17. The fraction of sp³-hybridized carbons (Fsp3) is 0.167. The summed E-state index contributed by atoms with van der Waals surface area (Å²) in [4.78, 5) is 0.920. The quantitative estimate of drug-likeness (QED) is 0.800. The van der Waals surface area contributed by atoms with Crippen molar-refractivity contribution in [1.82, 2.24) is 0 Å². The minimum Gasteiger partial charge on any atom is -0.266 e. The second-order valence-electron chi connectivity index (χ2n) is 3.35. The average molecular weight is 268 g/mol. The van der Waals surface area contributed by atoms with E-state index < -0.39 is 10.1 Å². The largest absolute Gasteiger partial charge is 0.306 e. The Balaban J connectivity index is 2.35. The molecule has 17 heavy (non-hydrogen) atoms. The van der Waals surface area contributed by atoms with E-state index in [-0.39, 0.29) is 10.8 Å². The van der Waals surface area contributed by atoms with Gasteiger partial charge >= 0.3 is 10.1 Å². The first-order valence-electron chi connectivity index (χ1n) is 5.18. The molecule has 90 valence electrons. The van der Waals surface area contributed by atoms with E-state index >= 15 is 0 Å². The molecule has 5 heteroatoms. The summed E-state index contributed by atoms with van der Waals surface area (Å²) in [7, 11) is -3.58. The monoisotopic (exact) mass is 268 g/mol. The van der Waals surface area contributed by atoms with Gasteiger partial charge in [0.25, 0.3) is 0 Å². The standard InChI is InChI=1S/C12H12O3S2/c1-2-15-17(13,14)12-9-8-11(16-12)10-6-4-3-5-7-10/h3-9H,2H2,1H3. The Morgan fingerprint density at radius 1 is 1.12 bits per heavy atom. The van der Waals surface area contributed by atoms with Gasteiger partial charge in [0.2, 0.25) is 0 Å². The van der Waals surface area contributed by atoms with Crippen molar-refractivity contribution in [2.24, 2.45) is 0 Å². The van der Waals surface area contributed by atoms with Gasteiger partial charge in [-0.1, -0.05) is 30.3 Å². The van der Waals surface area contributed by atoms with Crippen molar-refractivity contribution in [2.75, 3.05) is 6.61 Å². The molecule has 0 aliphatic rings. The van der Waals surface area contributed by atoms with Crippen molar-refractivity contribution in [3.8, 4) is 10.4 Å². The van der Waals surface area contributed by atoms with Crippen LogP contribution < -0.4 is 0 Å². The molecule has 0 fully saturated rings. The number of benzene rings is 1. The predicted molar refractivity (Wildman–Crippen MR) is 68.6 cm³/mol. The van der Waals surface area contributed by atoms with Gasteiger partial charge in [0.05, 0.1) is 6.61 Å². The molecule has 0 spiro atoms. The first-order chi connectivity index (χ1) is 8.13. The molecule has 2 aromatic rings. The van der Waals surface area contributed by atoms with Gasteiger partial charge in [-0.2, -0.15) is 8.42 Å². The minimum atomic E-state index is -3.58. The van der Waals surface area contributed by atoms with Crippen LogP contribution in [-0.4, -0.2) is 15.0 Å². The smallest absolute Gasteiger partial charge is 0.266 e. The maximum atomic E-state index is 11.7. The molecule has 0 amide bonds. The summed E-state index contributed by atoms with van der Waals surface area (Å²) in [5.41, 5.74) is 1.01. The normalized spacial score (nSPS) is 11.6. The van der Waals surface area contributed by atoms with Gasteiger partial charge in [-0.05, 0) is 24.6 Å². The summed E-state index contributed by atoms with van der Waals surface area (Å²) in [5.74, 6) is 0. The lowest BCUT2D eigenvalue weighted by Gasteiger charge is -1.99. The summed E-state index contributed by atoms with van der Waals surface area (Å²) in [6.07, 6.45) is 0. The van der Waals surface area contributed by atoms with Crippen molar-refractivity contribution in [2.45, 2.75) is 11.1 Å². The fourth-order valence-corrected chi connectivity index (χ4v) is 3.65. The molecule has 0 saturated carbocycles. The molecule has 0 radical (unpaired) electrons. The Labute approximate surface area is 105 Å². The summed E-state index contributed by atoms with van der Waals surface area (Å²) in [5, 5.41) is 0. The molecule has 1 aromatic carbocycles. The molecule has 0 atom stereocenters. The summed E-state index contributed by atoms with van der Waals surface area (Å²) < 4.78 is 28.3. The van der Waals surface area contributed by atoms with Crippen LogP contribution in [0.25, 0.3) is 10.4 Å². The highest BCUT2D eigenvalue weighted by Gasteiger charge is 2.17. The highest BCUT2D eigenvalue weighted by molar-refractivity contribution is 7.89. The van der Waals surface area contributed by atoms with Crippen LogP contribution in [0.15, 0.2) is 46.7 Å². The third kappa shape index (κ3) is 2.74. The molecular weight excluding hydrogens is 256 g/mol. The average Bonchev–Trinajstić information content (AvgIpc) is 2.80. The van der Waals surface area contributed by atoms with E-state index in [1.54, 1.807) is 19.1 Å². The highest BCUT2D eigenvalue weighted by atomic mass is 32.3. The van der Waals surface area contributed by atoms with Crippen molar-refractivity contribution >= 4 is 21.5 Å². The van der Waals surface area contributed by atoms with Crippen LogP contribution in [0.2, 0.25) is 0 Å². The SMILES string of the molecule is CCOS(=O)(=O)c1ccc(-c2ccccc2)s1. The van der Waals surface area contributed by atoms with Crippen LogP contribution in [0.1, 0.15) is 6.92 Å². The van der Waals surface area contributed by atoms with E-state index in [9.17, 15) is 8.42 Å². The number of rotatable bonds is 4. The summed E-state index contributed by atoms with van der Waals surface area (Å²) in [6, 6.07) is 13.0. The van der Waals surface area contributed by atoms with Gasteiger partial charge in [0.15, 0.2) is 0 Å². The van der Waals surface area contributed by atoms with Crippen LogP contribution in [0, 0.1) is 0 Å². The molecule has 0 aliphatic carbocycles. The van der Waals surface area contributed by atoms with Crippen LogP contribution in [0.3, 0.4) is 0 Å². The van der Waals surface area contributed by atoms with Crippen LogP contribution >= 0.6 is 11.3 Å². The van der Waals surface area contributed by atoms with Crippen molar-refractivity contribution in [3.63, 3.8) is 0 Å². The number of hydrogen-bond acceptors (Lipinski definition) is 4. The van der Waals surface area contributed by atoms with Gasteiger partial charge in [-0.25, -0.2) is 0 Å². The Morgan fingerprint density at radius 2 is 1.82 bits per heavy atom. The van der Waals surface area contributed by atoms with Crippen LogP contribution in [0.4, 0.5) is 0 Å². The molecule has 0 bridgehead atoms. The lowest BCUT2D eigenvalue weighted by molar-refractivity contribution is 0.339. The molecule has 3 nitrogen and oxygen atoms in total. The third-order valence-corrected chi connectivity index (χ3v) is 5.13. The maximum absolute atomic E-state index is 11.7. The lowest BCUT2D eigenvalue weighted by atomic mass is 10.2. The van der Waals surface area contributed by atoms with E-state index in [4.69, 9.17) is 4.18 Å². The first-order valence-corrected chi connectivity index (χ1v) is 7.40. The Kier molecular flexibility index (Phi) is 3.61. The minimum absolute atomic E-state index is 0.154. The van der Waals surface area contributed by atoms with Gasteiger partial charge in [-0.3, -0.25) is 4.18 Å². The first kappa shape index (κ1) is 12.3. The van der Waals surface area contributed by atoms with E-state index in [1.807, 2.05) is 30.3 Å². The second-order valence-corrected chi connectivity index (χ2v) is 6.27. The zero-order valence-corrected chi connectivity index (χ0v) is 10.9. The van der Waals surface area contributed by atoms with E-state index in [2.05, 4.69) is 0 Å². The molecule has 0 N–H and O–H groups in total. The zero-order valence-electron chi connectivity index (χ0n) is 9.29. The van der Waals surface area contributed by atoms with Gasteiger partial charge in [0, 0.05) is 4.88 Å². The second kappa shape index (κ2) is 5.00. The topological polar surface area (TPSA) is 43.4 Å².